The molecule has 3 aliphatic rings. The molecule has 2 aromatic carbocycles. The van der Waals surface area contributed by atoms with Crippen molar-refractivity contribution < 1.29 is 15.0 Å². The van der Waals surface area contributed by atoms with E-state index in [-0.39, 0.29) is 28.9 Å². The molecule has 5 heteroatoms. The lowest BCUT2D eigenvalue weighted by molar-refractivity contribution is -0.0266. The Labute approximate surface area is 197 Å². The van der Waals surface area contributed by atoms with E-state index in [4.69, 9.17) is 0 Å². The van der Waals surface area contributed by atoms with Crippen molar-refractivity contribution >= 4 is 5.91 Å². The van der Waals surface area contributed by atoms with Crippen LogP contribution >= 0.6 is 0 Å². The number of carbonyl (C=O) groups is 1. The molecule has 1 amide bonds. The molecule has 2 aliphatic heterocycles. The number of rotatable bonds is 3. The fourth-order valence-corrected chi connectivity index (χ4v) is 6.42. The molecule has 2 aromatic rings. The quantitative estimate of drug-likeness (QED) is 0.742. The minimum absolute atomic E-state index is 0.0454. The van der Waals surface area contributed by atoms with Crippen molar-refractivity contribution in [2.45, 2.75) is 70.6 Å². The number of amides is 1. The second-order valence-corrected chi connectivity index (χ2v) is 11.0. The van der Waals surface area contributed by atoms with Crippen LogP contribution in [0.15, 0.2) is 42.5 Å². The van der Waals surface area contributed by atoms with Crippen LogP contribution in [0.5, 0.6) is 5.75 Å². The number of carbonyl (C=O) groups excluding carboxylic acids is 1. The molecule has 2 saturated heterocycles. The van der Waals surface area contributed by atoms with Crippen molar-refractivity contribution in [2.75, 3.05) is 19.6 Å². The van der Waals surface area contributed by atoms with Crippen molar-refractivity contribution in [3.05, 3.63) is 64.7 Å². The molecule has 33 heavy (non-hydrogen) atoms. The van der Waals surface area contributed by atoms with Gasteiger partial charge in [-0.2, -0.15) is 0 Å². The van der Waals surface area contributed by atoms with Gasteiger partial charge in [-0.1, -0.05) is 45.0 Å². The number of benzene rings is 2. The van der Waals surface area contributed by atoms with Gasteiger partial charge in [0.25, 0.3) is 5.91 Å². The predicted octanol–water partition coefficient (Wildman–Crippen LogP) is 4.10. The monoisotopic (exact) mass is 448 g/mol. The Bertz CT molecular complexity index is 1040. The third kappa shape index (κ3) is 3.66. The predicted molar refractivity (Wildman–Crippen MR) is 129 cm³/mol. The maximum atomic E-state index is 13.7. The maximum Gasteiger partial charge on any atom is 0.254 e. The highest BCUT2D eigenvalue weighted by Crippen LogP contribution is 2.57. The highest BCUT2D eigenvalue weighted by molar-refractivity contribution is 5.94. The molecule has 2 heterocycles. The number of hydrogen-bond donors (Lipinski definition) is 2. The molecule has 0 radical (unpaired) electrons. The number of likely N-dealkylation sites (tertiary alicyclic amines) is 2. The first-order chi connectivity index (χ1) is 15.7. The van der Waals surface area contributed by atoms with Crippen LogP contribution in [0.1, 0.15) is 67.1 Å². The average molecular weight is 449 g/mol. The topological polar surface area (TPSA) is 64.0 Å². The average Bonchev–Trinajstić information content (AvgIpc) is 2.78. The van der Waals surface area contributed by atoms with Gasteiger partial charge in [-0.3, -0.25) is 9.69 Å². The van der Waals surface area contributed by atoms with E-state index in [2.05, 4.69) is 48.8 Å². The first kappa shape index (κ1) is 22.4. The van der Waals surface area contributed by atoms with Crippen LogP contribution in [0.25, 0.3) is 0 Å². The van der Waals surface area contributed by atoms with E-state index in [0.29, 0.717) is 12.2 Å². The first-order valence-electron chi connectivity index (χ1n) is 12.3. The van der Waals surface area contributed by atoms with Crippen LogP contribution in [-0.2, 0) is 18.4 Å². The second-order valence-electron chi connectivity index (χ2n) is 11.0. The van der Waals surface area contributed by atoms with E-state index >= 15 is 0 Å². The van der Waals surface area contributed by atoms with Crippen molar-refractivity contribution in [3.63, 3.8) is 0 Å². The number of piperidine rings is 2. The number of aliphatic hydroxyl groups excluding tert-OH is 1. The minimum Gasteiger partial charge on any atom is -0.508 e. The van der Waals surface area contributed by atoms with Gasteiger partial charge in [0.1, 0.15) is 5.75 Å². The normalized spacial score (nSPS) is 27.3. The highest BCUT2D eigenvalue weighted by Gasteiger charge is 2.57. The van der Waals surface area contributed by atoms with Crippen LogP contribution in [0.2, 0.25) is 0 Å². The molecular weight excluding hydrogens is 412 g/mol. The van der Waals surface area contributed by atoms with E-state index in [0.717, 1.165) is 56.6 Å². The van der Waals surface area contributed by atoms with E-state index in [1.165, 1.54) is 11.1 Å². The van der Waals surface area contributed by atoms with Gasteiger partial charge in [0, 0.05) is 43.2 Å². The fraction of sp³-hybridized carbons (Fsp3) is 0.536. The molecule has 1 aliphatic carbocycles. The number of aliphatic hydroxyl groups is 1. The van der Waals surface area contributed by atoms with E-state index in [1.807, 2.05) is 18.2 Å². The lowest BCUT2D eigenvalue weighted by Crippen LogP contribution is -2.64. The minimum atomic E-state index is -0.162. The van der Waals surface area contributed by atoms with Gasteiger partial charge in [-0.05, 0) is 66.0 Å². The number of hydrogen-bond acceptors (Lipinski definition) is 4. The van der Waals surface area contributed by atoms with Crippen LogP contribution in [0.4, 0.5) is 0 Å². The third-order valence-corrected chi connectivity index (χ3v) is 9.05. The van der Waals surface area contributed by atoms with E-state index in [9.17, 15) is 15.0 Å². The van der Waals surface area contributed by atoms with E-state index < -0.39 is 0 Å². The molecule has 0 aromatic heterocycles. The molecule has 2 fully saturated rings. The molecule has 0 saturated carbocycles. The zero-order valence-corrected chi connectivity index (χ0v) is 20.1. The number of aromatic hydroxyl groups is 1. The smallest absolute Gasteiger partial charge is 0.254 e. The molecule has 5 nitrogen and oxygen atoms in total. The molecule has 5 rings (SSSR count). The fourth-order valence-electron chi connectivity index (χ4n) is 6.42. The molecule has 2 N–H and O–H groups in total. The Morgan fingerprint density at radius 2 is 1.73 bits per heavy atom. The van der Waals surface area contributed by atoms with Gasteiger partial charge in [0.15, 0.2) is 0 Å². The van der Waals surface area contributed by atoms with Gasteiger partial charge in [-0.25, -0.2) is 0 Å². The summed E-state index contributed by atoms with van der Waals surface area (Å²) in [6, 6.07) is 14.0. The summed E-state index contributed by atoms with van der Waals surface area (Å²) in [5.41, 5.74) is 4.00. The summed E-state index contributed by atoms with van der Waals surface area (Å²) in [4.78, 5) is 18.1. The zero-order valence-electron chi connectivity index (χ0n) is 20.1. The third-order valence-electron chi connectivity index (χ3n) is 9.05. The Morgan fingerprint density at radius 3 is 2.42 bits per heavy atom. The van der Waals surface area contributed by atoms with Crippen molar-refractivity contribution in [1.82, 2.24) is 9.80 Å². The Morgan fingerprint density at radius 1 is 1.03 bits per heavy atom. The Kier molecular flexibility index (Phi) is 5.53. The Balaban J connectivity index is 1.36. The molecule has 0 spiro atoms. The van der Waals surface area contributed by atoms with Crippen LogP contribution in [0, 0.1) is 5.41 Å². The molecule has 1 unspecified atom stereocenters. The van der Waals surface area contributed by atoms with Gasteiger partial charge in [0.2, 0.25) is 0 Å². The van der Waals surface area contributed by atoms with E-state index in [1.54, 1.807) is 6.07 Å². The lowest BCUT2D eigenvalue weighted by Gasteiger charge is -2.60. The number of phenolic OH excluding ortho intramolecular Hbond substituents is 1. The number of nitrogens with zero attached hydrogens (tertiary/aromatic N) is 2. The van der Waals surface area contributed by atoms with Gasteiger partial charge >= 0.3 is 0 Å². The summed E-state index contributed by atoms with van der Waals surface area (Å²) in [6.45, 7) is 10.3. The summed E-state index contributed by atoms with van der Waals surface area (Å²) in [5, 5.41) is 20.3. The summed E-state index contributed by atoms with van der Waals surface area (Å²) in [5.74, 6) is 0.435. The first-order valence-corrected chi connectivity index (χ1v) is 12.3. The summed E-state index contributed by atoms with van der Waals surface area (Å²) in [7, 11) is 0. The lowest BCUT2D eigenvalue weighted by atomic mass is 9.51. The molecular formula is C28H36N2O3. The Hall–Kier alpha value is -2.37. The van der Waals surface area contributed by atoms with Crippen LogP contribution in [0.3, 0.4) is 0 Å². The highest BCUT2D eigenvalue weighted by atomic mass is 16.3. The van der Waals surface area contributed by atoms with Crippen LogP contribution in [-0.4, -0.2) is 57.7 Å². The van der Waals surface area contributed by atoms with Crippen molar-refractivity contribution in [1.29, 1.82) is 0 Å². The largest absolute Gasteiger partial charge is 0.508 e. The van der Waals surface area contributed by atoms with Gasteiger partial charge < -0.3 is 15.1 Å². The summed E-state index contributed by atoms with van der Waals surface area (Å²) in [6.07, 6.45) is 3.08. The second kappa shape index (κ2) is 8.14. The number of phenols is 1. The summed E-state index contributed by atoms with van der Waals surface area (Å²) >= 11 is 0. The van der Waals surface area contributed by atoms with Crippen molar-refractivity contribution in [2.24, 2.45) is 5.41 Å². The molecule has 2 atom stereocenters. The molecule has 2 bridgehead atoms. The van der Waals surface area contributed by atoms with Gasteiger partial charge in [-0.15, -0.1) is 0 Å². The zero-order chi connectivity index (χ0) is 23.4. The molecule has 176 valence electrons. The standard InChI is InChI=1S/C28H36N2O3/c1-27(2)25-17-22-23(5-4-6-24(22)32)28(27,3)13-16-30(25)26(33)20-9-7-19(8-10-20)18-29-14-11-21(31)12-15-29/h4-10,21,25,31-32H,11-18H2,1-3H3/t25-,28?/m1/s1. The number of fused-ring (bicyclic) bond motifs is 4. The maximum absolute atomic E-state index is 13.7. The SMILES string of the molecule is CC12CCN(C(=O)c3ccc(CN4CCC(O)CC4)cc3)[C@H](Cc3c(O)cccc31)C2(C)C. The van der Waals surface area contributed by atoms with Gasteiger partial charge in [0.05, 0.1) is 6.10 Å². The van der Waals surface area contributed by atoms with Crippen molar-refractivity contribution in [3.8, 4) is 5.75 Å². The summed E-state index contributed by atoms with van der Waals surface area (Å²) < 4.78 is 0. The van der Waals surface area contributed by atoms with Crippen LogP contribution < -0.4 is 0 Å².